The molecule has 3 amide bonds. The first-order chi connectivity index (χ1) is 16.5. The van der Waals surface area contributed by atoms with Crippen LogP contribution in [0.5, 0.6) is 0 Å². The largest absolute Gasteiger partial charge is 0.417 e. The van der Waals surface area contributed by atoms with Crippen molar-refractivity contribution in [3.63, 3.8) is 0 Å². The zero-order valence-corrected chi connectivity index (χ0v) is 19.2. The molecule has 4 rings (SSSR count). The molecule has 2 aliphatic heterocycles. The Kier molecular flexibility index (Phi) is 6.36. The molecule has 7 nitrogen and oxygen atoms in total. The fourth-order valence-electron chi connectivity index (χ4n) is 5.12. The lowest BCUT2D eigenvalue weighted by Crippen LogP contribution is -2.49. The molecule has 0 saturated carbocycles. The van der Waals surface area contributed by atoms with E-state index < -0.39 is 34.5 Å². The molecule has 3 N–H and O–H groups in total. The van der Waals surface area contributed by atoms with Crippen molar-refractivity contribution in [1.29, 1.82) is 5.26 Å². The monoisotopic (exact) mass is 485 g/mol. The maximum atomic E-state index is 13.5. The van der Waals surface area contributed by atoms with E-state index >= 15 is 0 Å². The summed E-state index contributed by atoms with van der Waals surface area (Å²) in [6, 6.07) is 12.4. The smallest absolute Gasteiger partial charge is 0.370 e. The average Bonchev–Trinajstić information content (AvgIpc) is 3.19. The summed E-state index contributed by atoms with van der Waals surface area (Å²) in [6.45, 7) is 3.29. The third-order valence-corrected chi connectivity index (χ3v) is 7.13. The van der Waals surface area contributed by atoms with Crippen LogP contribution < -0.4 is 16.0 Å². The van der Waals surface area contributed by atoms with Gasteiger partial charge in [0, 0.05) is 43.0 Å². The molecule has 1 atom stereocenters. The number of nitriles is 1. The third kappa shape index (κ3) is 4.90. The Morgan fingerprint density at radius 3 is 2.37 bits per heavy atom. The summed E-state index contributed by atoms with van der Waals surface area (Å²) < 4.78 is 40.4. The van der Waals surface area contributed by atoms with E-state index in [1.165, 1.54) is 6.07 Å². The second-order valence-corrected chi connectivity index (χ2v) is 9.32. The Hall–Kier alpha value is -3.74. The van der Waals surface area contributed by atoms with Gasteiger partial charge in [0.1, 0.15) is 0 Å². The number of nitrogens with zero attached hydrogens (tertiary/aromatic N) is 3. The molecule has 2 aromatic rings. The number of benzene rings is 2. The predicted octanol–water partition coefficient (Wildman–Crippen LogP) is 4.12. The minimum absolute atomic E-state index is 0.189. The molecule has 2 saturated heterocycles. The van der Waals surface area contributed by atoms with Gasteiger partial charge < -0.3 is 20.9 Å². The van der Waals surface area contributed by atoms with Crippen LogP contribution in [-0.4, -0.2) is 43.0 Å². The van der Waals surface area contributed by atoms with Gasteiger partial charge in [-0.1, -0.05) is 17.7 Å². The summed E-state index contributed by atoms with van der Waals surface area (Å²) in [7, 11) is 0. The van der Waals surface area contributed by atoms with Crippen LogP contribution in [0, 0.1) is 29.6 Å². The quantitative estimate of drug-likeness (QED) is 0.683. The van der Waals surface area contributed by atoms with Crippen LogP contribution in [0.2, 0.25) is 0 Å². The van der Waals surface area contributed by atoms with Gasteiger partial charge in [-0.25, -0.2) is 4.79 Å². The maximum Gasteiger partial charge on any atom is 0.417 e. The number of carbonyl (C=O) groups is 2. The standard InChI is InChI=1S/C25H26F3N5O2/c1-16-2-5-18(6-3-16)31-23(35)32-10-8-24(9-11-32)15-33(14-21(24)22(30)34)19-7-4-17(13-29)20(12-19)25(26,27)28/h2-7,12,21H,8-11,14-15H2,1H3,(H2,30,34)(H,31,35). The Morgan fingerprint density at radius 2 is 1.80 bits per heavy atom. The van der Waals surface area contributed by atoms with Gasteiger partial charge in [0.05, 0.1) is 23.1 Å². The zero-order valence-electron chi connectivity index (χ0n) is 19.2. The van der Waals surface area contributed by atoms with E-state index in [0.717, 1.165) is 17.7 Å². The van der Waals surface area contributed by atoms with Gasteiger partial charge in [-0.05, 0) is 50.1 Å². The van der Waals surface area contributed by atoms with Gasteiger partial charge in [0.25, 0.3) is 0 Å². The topological polar surface area (TPSA) is 102 Å². The SMILES string of the molecule is Cc1ccc(NC(=O)N2CCC3(CC2)CN(c2ccc(C#N)c(C(F)(F)F)c2)CC3C(N)=O)cc1. The third-order valence-electron chi connectivity index (χ3n) is 7.13. The van der Waals surface area contributed by atoms with E-state index in [1.54, 1.807) is 15.9 Å². The number of carbonyl (C=O) groups excluding carboxylic acids is 2. The number of rotatable bonds is 3. The Labute approximate surface area is 201 Å². The molecule has 35 heavy (non-hydrogen) atoms. The van der Waals surface area contributed by atoms with Gasteiger partial charge >= 0.3 is 12.2 Å². The molecular weight excluding hydrogens is 459 g/mol. The molecule has 2 aromatic carbocycles. The van der Waals surface area contributed by atoms with E-state index in [-0.39, 0.29) is 12.6 Å². The van der Waals surface area contributed by atoms with E-state index in [0.29, 0.717) is 43.9 Å². The molecule has 2 fully saturated rings. The van der Waals surface area contributed by atoms with Crippen molar-refractivity contribution >= 4 is 23.3 Å². The summed E-state index contributed by atoms with van der Waals surface area (Å²) in [6.07, 6.45) is -3.67. The Morgan fingerprint density at radius 1 is 1.14 bits per heavy atom. The number of alkyl halides is 3. The van der Waals surface area contributed by atoms with Crippen molar-refractivity contribution in [2.24, 2.45) is 17.1 Å². The number of primary amides is 1. The van der Waals surface area contributed by atoms with Gasteiger partial charge in [-0.2, -0.15) is 18.4 Å². The number of halogens is 3. The second-order valence-electron chi connectivity index (χ2n) is 9.32. The van der Waals surface area contributed by atoms with Crippen molar-refractivity contribution in [3.8, 4) is 6.07 Å². The number of urea groups is 1. The fourth-order valence-corrected chi connectivity index (χ4v) is 5.12. The summed E-state index contributed by atoms with van der Waals surface area (Å²) >= 11 is 0. The van der Waals surface area contributed by atoms with Crippen molar-refractivity contribution in [1.82, 2.24) is 4.90 Å². The van der Waals surface area contributed by atoms with Crippen LogP contribution in [0.3, 0.4) is 0 Å². The highest BCUT2D eigenvalue weighted by molar-refractivity contribution is 5.89. The first-order valence-corrected chi connectivity index (χ1v) is 11.3. The van der Waals surface area contributed by atoms with Crippen molar-refractivity contribution in [3.05, 3.63) is 59.2 Å². The number of nitrogens with one attached hydrogen (secondary N) is 1. The number of anilines is 2. The van der Waals surface area contributed by atoms with Gasteiger partial charge in [0.2, 0.25) is 5.91 Å². The first kappa shape index (κ1) is 24.4. The summed E-state index contributed by atoms with van der Waals surface area (Å²) in [5, 5.41) is 11.9. The van der Waals surface area contributed by atoms with Crippen molar-refractivity contribution in [2.75, 3.05) is 36.4 Å². The first-order valence-electron chi connectivity index (χ1n) is 11.3. The number of nitrogens with two attached hydrogens (primary N) is 1. The molecule has 0 radical (unpaired) electrons. The molecule has 184 valence electrons. The number of hydrogen-bond acceptors (Lipinski definition) is 4. The van der Waals surface area contributed by atoms with Crippen LogP contribution >= 0.6 is 0 Å². The fraction of sp³-hybridized carbons (Fsp3) is 0.400. The van der Waals surface area contributed by atoms with Crippen LogP contribution in [0.15, 0.2) is 42.5 Å². The molecule has 0 bridgehead atoms. The van der Waals surface area contributed by atoms with E-state index in [9.17, 15) is 22.8 Å². The average molecular weight is 486 g/mol. The molecule has 0 aromatic heterocycles. The molecule has 1 spiro atoms. The lowest BCUT2D eigenvalue weighted by molar-refractivity contribution is -0.137. The summed E-state index contributed by atoms with van der Waals surface area (Å²) in [5.41, 5.74) is 5.77. The molecular formula is C25H26F3N5O2. The molecule has 10 heteroatoms. The highest BCUT2D eigenvalue weighted by Crippen LogP contribution is 2.46. The number of likely N-dealkylation sites (tertiary alicyclic amines) is 1. The number of aryl methyl sites for hydroxylation is 1. The minimum Gasteiger partial charge on any atom is -0.370 e. The van der Waals surface area contributed by atoms with Crippen LogP contribution in [0.1, 0.15) is 29.5 Å². The van der Waals surface area contributed by atoms with Crippen LogP contribution in [-0.2, 0) is 11.0 Å². The lowest BCUT2D eigenvalue weighted by atomic mass is 9.70. The molecule has 1 unspecified atom stereocenters. The molecule has 0 aliphatic carbocycles. The Balaban J connectivity index is 1.49. The van der Waals surface area contributed by atoms with Gasteiger partial charge in [0.15, 0.2) is 0 Å². The molecule has 2 heterocycles. The van der Waals surface area contributed by atoms with Crippen molar-refractivity contribution in [2.45, 2.75) is 25.9 Å². The van der Waals surface area contributed by atoms with Crippen LogP contribution in [0.4, 0.5) is 29.3 Å². The lowest BCUT2D eigenvalue weighted by Gasteiger charge is -2.41. The number of piperidine rings is 1. The predicted molar refractivity (Wildman–Crippen MR) is 124 cm³/mol. The second kappa shape index (κ2) is 9.13. The van der Waals surface area contributed by atoms with E-state index in [1.807, 2.05) is 31.2 Å². The van der Waals surface area contributed by atoms with E-state index in [2.05, 4.69) is 5.32 Å². The van der Waals surface area contributed by atoms with Crippen molar-refractivity contribution < 1.29 is 22.8 Å². The van der Waals surface area contributed by atoms with Gasteiger partial charge in [-0.15, -0.1) is 0 Å². The zero-order chi connectivity index (χ0) is 25.4. The number of hydrogen-bond donors (Lipinski definition) is 2. The minimum atomic E-state index is -4.67. The summed E-state index contributed by atoms with van der Waals surface area (Å²) in [5.74, 6) is -1.07. The highest BCUT2D eigenvalue weighted by Gasteiger charge is 2.51. The van der Waals surface area contributed by atoms with E-state index in [4.69, 9.17) is 11.0 Å². The van der Waals surface area contributed by atoms with Crippen LogP contribution in [0.25, 0.3) is 0 Å². The normalized spacial score (nSPS) is 19.5. The van der Waals surface area contributed by atoms with Gasteiger partial charge in [-0.3, -0.25) is 4.79 Å². The number of amides is 3. The highest BCUT2D eigenvalue weighted by atomic mass is 19.4. The molecule has 2 aliphatic rings. The summed E-state index contributed by atoms with van der Waals surface area (Å²) in [4.78, 5) is 28.5. The Bertz CT molecular complexity index is 1170. The maximum absolute atomic E-state index is 13.5.